The fraction of sp³-hybridized carbons (Fsp3) is 0.619. The molecule has 0 aromatic carbocycles. The van der Waals surface area contributed by atoms with Gasteiger partial charge in [0.2, 0.25) is 0 Å². The van der Waals surface area contributed by atoms with E-state index in [1.165, 1.54) is 12.4 Å². The highest BCUT2D eigenvalue weighted by Crippen LogP contribution is 2.43. The smallest absolute Gasteiger partial charge is 0.409 e. The first kappa shape index (κ1) is 21.6. The molecular weight excluding hydrogens is 411 g/mol. The average molecular weight is 437 g/mol. The lowest BCUT2D eigenvalue weighted by atomic mass is 9.72. The van der Waals surface area contributed by atoms with Gasteiger partial charge in [0.15, 0.2) is 5.82 Å². The van der Waals surface area contributed by atoms with Gasteiger partial charge >= 0.3 is 12.3 Å². The molecule has 0 N–H and O–H groups in total. The van der Waals surface area contributed by atoms with Crippen molar-refractivity contribution in [2.24, 2.45) is 5.41 Å². The summed E-state index contributed by atoms with van der Waals surface area (Å²) < 4.78 is 43.6. The molecule has 2 aromatic heterocycles. The van der Waals surface area contributed by atoms with Gasteiger partial charge in [0.05, 0.1) is 24.2 Å². The normalized spacial score (nSPS) is 18.3. The molecule has 2 aliphatic heterocycles. The standard InChI is InChI=1S/C21H26F3N5O2/c1-2-3-10-31-19(30)28-8-6-20(7-9-28)12-29(13-20)18-17-16(25-14-26-18)5-4-15(27-17)11-21(22,23)24/h4-5,14H,2-3,6-13H2,1H3. The first-order valence-corrected chi connectivity index (χ1v) is 10.6. The molecule has 2 aromatic rings. The van der Waals surface area contributed by atoms with Gasteiger partial charge < -0.3 is 14.5 Å². The summed E-state index contributed by atoms with van der Waals surface area (Å²) in [5.74, 6) is 0.570. The van der Waals surface area contributed by atoms with E-state index in [0.717, 1.165) is 38.8 Å². The Kier molecular flexibility index (Phi) is 5.90. The van der Waals surface area contributed by atoms with Crippen molar-refractivity contribution in [1.82, 2.24) is 19.9 Å². The summed E-state index contributed by atoms with van der Waals surface area (Å²) in [4.78, 5) is 28.6. The lowest BCUT2D eigenvalue weighted by Crippen LogP contribution is -2.61. The van der Waals surface area contributed by atoms with E-state index in [0.29, 0.717) is 36.5 Å². The third-order valence-electron chi connectivity index (χ3n) is 6.06. The minimum atomic E-state index is -4.32. The first-order valence-electron chi connectivity index (χ1n) is 10.6. The summed E-state index contributed by atoms with van der Waals surface area (Å²) in [6.07, 6.45) is -0.648. The van der Waals surface area contributed by atoms with Crippen LogP contribution in [0.2, 0.25) is 0 Å². The van der Waals surface area contributed by atoms with E-state index in [1.807, 2.05) is 11.8 Å². The highest BCUT2D eigenvalue weighted by molar-refractivity contribution is 5.86. The van der Waals surface area contributed by atoms with Crippen molar-refractivity contribution < 1.29 is 22.7 Å². The Morgan fingerprint density at radius 1 is 1.19 bits per heavy atom. The summed E-state index contributed by atoms with van der Waals surface area (Å²) in [6, 6.07) is 2.92. The van der Waals surface area contributed by atoms with Crippen molar-refractivity contribution in [2.45, 2.75) is 45.2 Å². The summed E-state index contributed by atoms with van der Waals surface area (Å²) in [6.45, 7) is 5.28. The monoisotopic (exact) mass is 437 g/mol. The van der Waals surface area contributed by atoms with E-state index in [1.54, 1.807) is 11.0 Å². The zero-order chi connectivity index (χ0) is 22.1. The van der Waals surface area contributed by atoms with Gasteiger partial charge in [0, 0.05) is 31.6 Å². The van der Waals surface area contributed by atoms with Crippen LogP contribution in [0.25, 0.3) is 11.0 Å². The number of nitrogens with zero attached hydrogens (tertiary/aromatic N) is 5. The predicted molar refractivity (Wildman–Crippen MR) is 109 cm³/mol. The number of alkyl halides is 3. The summed E-state index contributed by atoms with van der Waals surface area (Å²) in [7, 11) is 0. The second-order valence-electron chi connectivity index (χ2n) is 8.47. The molecule has 168 valence electrons. The zero-order valence-corrected chi connectivity index (χ0v) is 17.5. The number of hydrogen-bond donors (Lipinski definition) is 0. The highest BCUT2D eigenvalue weighted by atomic mass is 19.4. The van der Waals surface area contributed by atoms with Crippen LogP contribution < -0.4 is 4.90 Å². The molecule has 4 rings (SSSR count). The minimum Gasteiger partial charge on any atom is -0.449 e. The van der Waals surface area contributed by atoms with Crippen LogP contribution in [0.15, 0.2) is 18.5 Å². The summed E-state index contributed by atoms with van der Waals surface area (Å²) in [5, 5.41) is 0. The average Bonchev–Trinajstić information content (AvgIpc) is 2.71. The second kappa shape index (κ2) is 8.47. The van der Waals surface area contributed by atoms with Gasteiger partial charge in [-0.25, -0.2) is 19.7 Å². The van der Waals surface area contributed by atoms with E-state index in [2.05, 4.69) is 15.0 Å². The molecule has 1 spiro atoms. The van der Waals surface area contributed by atoms with Crippen LogP contribution in [0.4, 0.5) is 23.8 Å². The Morgan fingerprint density at radius 3 is 2.61 bits per heavy atom. The Hall–Kier alpha value is -2.65. The quantitative estimate of drug-likeness (QED) is 0.660. The second-order valence-corrected chi connectivity index (χ2v) is 8.47. The van der Waals surface area contributed by atoms with Gasteiger partial charge in [-0.05, 0) is 31.4 Å². The van der Waals surface area contributed by atoms with Crippen LogP contribution in [-0.4, -0.2) is 64.9 Å². The molecule has 0 aliphatic carbocycles. The molecule has 4 heterocycles. The number of halogens is 3. The Labute approximate surface area is 178 Å². The van der Waals surface area contributed by atoms with Crippen LogP contribution in [0.3, 0.4) is 0 Å². The van der Waals surface area contributed by atoms with Crippen LogP contribution in [0, 0.1) is 5.41 Å². The number of anilines is 1. The van der Waals surface area contributed by atoms with Gasteiger partial charge in [-0.15, -0.1) is 0 Å². The van der Waals surface area contributed by atoms with Crippen molar-refractivity contribution >= 4 is 22.9 Å². The topological polar surface area (TPSA) is 71.5 Å². The number of hydrogen-bond acceptors (Lipinski definition) is 6. The minimum absolute atomic E-state index is 0.0406. The van der Waals surface area contributed by atoms with Gasteiger partial charge in [0.1, 0.15) is 11.8 Å². The third-order valence-corrected chi connectivity index (χ3v) is 6.06. The number of fused-ring (bicyclic) bond motifs is 1. The molecule has 0 radical (unpaired) electrons. The first-order chi connectivity index (χ1) is 14.8. The van der Waals surface area contributed by atoms with Gasteiger partial charge in [-0.1, -0.05) is 13.3 Å². The number of aromatic nitrogens is 3. The summed E-state index contributed by atoms with van der Waals surface area (Å²) >= 11 is 0. The molecule has 31 heavy (non-hydrogen) atoms. The van der Waals surface area contributed by atoms with E-state index >= 15 is 0 Å². The fourth-order valence-corrected chi connectivity index (χ4v) is 4.29. The fourth-order valence-electron chi connectivity index (χ4n) is 4.29. The Bertz CT molecular complexity index is 936. The zero-order valence-electron chi connectivity index (χ0n) is 17.5. The maximum absolute atomic E-state index is 12.8. The van der Waals surface area contributed by atoms with Crippen molar-refractivity contribution in [2.75, 3.05) is 37.7 Å². The van der Waals surface area contributed by atoms with Crippen molar-refractivity contribution in [3.05, 3.63) is 24.2 Å². The van der Waals surface area contributed by atoms with Crippen molar-refractivity contribution in [1.29, 1.82) is 0 Å². The molecule has 2 fully saturated rings. The molecule has 7 nitrogen and oxygen atoms in total. The maximum Gasteiger partial charge on any atom is 0.409 e. The molecule has 0 saturated carbocycles. The molecule has 10 heteroatoms. The van der Waals surface area contributed by atoms with Crippen molar-refractivity contribution in [3.63, 3.8) is 0 Å². The van der Waals surface area contributed by atoms with E-state index in [9.17, 15) is 18.0 Å². The molecule has 0 atom stereocenters. The largest absolute Gasteiger partial charge is 0.449 e. The van der Waals surface area contributed by atoms with Gasteiger partial charge in [-0.2, -0.15) is 13.2 Å². The van der Waals surface area contributed by atoms with E-state index in [-0.39, 0.29) is 17.2 Å². The third kappa shape index (κ3) is 4.83. The number of rotatable bonds is 5. The molecule has 2 aliphatic rings. The van der Waals surface area contributed by atoms with Gasteiger partial charge in [-0.3, -0.25) is 0 Å². The number of carbonyl (C=O) groups is 1. The van der Waals surface area contributed by atoms with Gasteiger partial charge in [0.25, 0.3) is 0 Å². The summed E-state index contributed by atoms with van der Waals surface area (Å²) in [5.41, 5.74) is 0.972. The predicted octanol–water partition coefficient (Wildman–Crippen LogP) is 3.97. The molecule has 1 amide bonds. The Balaban J connectivity index is 1.40. The van der Waals surface area contributed by atoms with Crippen LogP contribution >= 0.6 is 0 Å². The van der Waals surface area contributed by atoms with Crippen LogP contribution in [-0.2, 0) is 11.2 Å². The lowest BCUT2D eigenvalue weighted by molar-refractivity contribution is -0.127. The van der Waals surface area contributed by atoms with Crippen molar-refractivity contribution in [3.8, 4) is 0 Å². The number of amides is 1. The number of pyridine rings is 1. The molecular formula is C21H26F3N5O2. The number of carbonyl (C=O) groups excluding carboxylic acids is 1. The lowest BCUT2D eigenvalue weighted by Gasteiger charge is -2.54. The Morgan fingerprint density at radius 2 is 1.94 bits per heavy atom. The number of likely N-dealkylation sites (tertiary alicyclic amines) is 1. The maximum atomic E-state index is 12.8. The molecule has 0 unspecified atom stereocenters. The molecule has 0 bridgehead atoms. The number of unbranched alkanes of at least 4 members (excludes halogenated alkanes) is 1. The molecule has 2 saturated heterocycles. The van der Waals surface area contributed by atoms with Crippen LogP contribution in [0.5, 0.6) is 0 Å². The highest BCUT2D eigenvalue weighted by Gasteiger charge is 2.46. The number of piperidine rings is 1. The SMILES string of the molecule is CCCCOC(=O)N1CCC2(CC1)CN(c1ncnc3ccc(CC(F)(F)F)nc13)C2. The number of ether oxygens (including phenoxy) is 1. The van der Waals surface area contributed by atoms with Crippen LogP contribution in [0.1, 0.15) is 38.3 Å². The van der Waals surface area contributed by atoms with E-state index < -0.39 is 12.6 Å². The van der Waals surface area contributed by atoms with E-state index in [4.69, 9.17) is 4.74 Å².